The summed E-state index contributed by atoms with van der Waals surface area (Å²) in [5, 5.41) is 0. The van der Waals surface area contributed by atoms with Crippen LogP contribution in [0, 0.1) is 10.8 Å². The highest BCUT2D eigenvalue weighted by atomic mass is 32.2. The Labute approximate surface area is 230 Å². The fraction of sp³-hybridized carbons (Fsp3) is 0.483. The summed E-state index contributed by atoms with van der Waals surface area (Å²) in [4.78, 5) is 15.8. The van der Waals surface area contributed by atoms with Crippen molar-refractivity contribution in [1.29, 1.82) is 0 Å². The van der Waals surface area contributed by atoms with Crippen LogP contribution in [0.3, 0.4) is 0 Å². The Balaban J connectivity index is 1.48. The van der Waals surface area contributed by atoms with Crippen molar-refractivity contribution in [3.8, 4) is 16.9 Å². The molecule has 0 saturated heterocycles. The van der Waals surface area contributed by atoms with Gasteiger partial charge in [0.15, 0.2) is 9.84 Å². The molecule has 3 aromatic rings. The lowest BCUT2D eigenvalue weighted by molar-refractivity contribution is 0.310. The van der Waals surface area contributed by atoms with E-state index in [2.05, 4.69) is 28.7 Å². The van der Waals surface area contributed by atoms with Gasteiger partial charge in [-0.05, 0) is 60.4 Å². The van der Waals surface area contributed by atoms with Gasteiger partial charge in [-0.1, -0.05) is 33.8 Å². The number of nitrogens with zero attached hydrogens (tertiary/aromatic N) is 4. The van der Waals surface area contributed by atoms with Crippen LogP contribution in [-0.2, 0) is 29.2 Å². The highest BCUT2D eigenvalue weighted by Crippen LogP contribution is 2.39. The number of hydrogen-bond acceptors (Lipinski definition) is 9. The van der Waals surface area contributed by atoms with Gasteiger partial charge in [0.05, 0.1) is 12.3 Å². The Morgan fingerprint density at radius 3 is 2.69 bits per heavy atom. The second-order valence-electron chi connectivity index (χ2n) is 12.3. The first-order valence-corrected chi connectivity index (χ1v) is 15.0. The van der Waals surface area contributed by atoms with E-state index in [1.165, 1.54) is 5.56 Å². The Bertz CT molecular complexity index is 1500. The number of fused-ring (bicyclic) bond motifs is 2. The van der Waals surface area contributed by atoms with E-state index in [1.807, 2.05) is 32.0 Å². The number of ether oxygens (including phenoxy) is 1. The SMILES string of the molecule is CC1(C)CCc2ncnc(N3CCOc4ccc(-c5cnc(N)c(S(=O)(=O)CC(C)(C)CN)c5)cc4C3)c2C1. The summed E-state index contributed by atoms with van der Waals surface area (Å²) in [6.45, 7) is 10.3. The molecule has 0 amide bonds. The van der Waals surface area contributed by atoms with Crippen LogP contribution in [0.15, 0.2) is 41.7 Å². The zero-order chi connectivity index (χ0) is 28.0. The molecule has 2 aliphatic rings. The molecule has 208 valence electrons. The predicted molar refractivity (Wildman–Crippen MR) is 153 cm³/mol. The van der Waals surface area contributed by atoms with Crippen LogP contribution in [0.25, 0.3) is 11.1 Å². The Morgan fingerprint density at radius 1 is 1.13 bits per heavy atom. The zero-order valence-electron chi connectivity index (χ0n) is 23.2. The molecule has 9 nitrogen and oxygen atoms in total. The number of rotatable bonds is 6. The third-order valence-electron chi connectivity index (χ3n) is 7.73. The van der Waals surface area contributed by atoms with Gasteiger partial charge in [-0.2, -0.15) is 0 Å². The van der Waals surface area contributed by atoms with Crippen molar-refractivity contribution in [2.24, 2.45) is 16.6 Å². The van der Waals surface area contributed by atoms with Crippen molar-refractivity contribution >= 4 is 21.5 Å². The average molecular weight is 551 g/mol. The topological polar surface area (TPSA) is 137 Å². The van der Waals surface area contributed by atoms with E-state index in [4.69, 9.17) is 21.2 Å². The van der Waals surface area contributed by atoms with Gasteiger partial charge in [-0.25, -0.2) is 23.4 Å². The number of nitrogen functional groups attached to an aromatic ring is 1. The van der Waals surface area contributed by atoms with Gasteiger partial charge in [-0.15, -0.1) is 0 Å². The number of aryl methyl sites for hydroxylation is 1. The minimum atomic E-state index is -3.69. The number of nitrogens with two attached hydrogens (primary N) is 2. The van der Waals surface area contributed by atoms with Gasteiger partial charge >= 0.3 is 0 Å². The maximum Gasteiger partial charge on any atom is 0.182 e. The van der Waals surface area contributed by atoms with Crippen LogP contribution in [0.2, 0.25) is 0 Å². The molecule has 0 fully saturated rings. The van der Waals surface area contributed by atoms with E-state index < -0.39 is 15.3 Å². The van der Waals surface area contributed by atoms with Crippen molar-refractivity contribution in [2.45, 2.75) is 58.4 Å². The minimum Gasteiger partial charge on any atom is -0.491 e. The summed E-state index contributed by atoms with van der Waals surface area (Å²) in [5.41, 5.74) is 16.3. The van der Waals surface area contributed by atoms with E-state index in [1.54, 1.807) is 18.6 Å². The smallest absolute Gasteiger partial charge is 0.182 e. The molecule has 1 aliphatic heterocycles. The number of anilines is 2. The van der Waals surface area contributed by atoms with Crippen molar-refractivity contribution in [1.82, 2.24) is 15.0 Å². The second-order valence-corrected chi connectivity index (χ2v) is 14.2. The number of aromatic nitrogens is 3. The van der Waals surface area contributed by atoms with Gasteiger partial charge in [0.1, 0.15) is 35.2 Å². The van der Waals surface area contributed by atoms with Gasteiger partial charge < -0.3 is 21.1 Å². The molecule has 2 aromatic heterocycles. The van der Waals surface area contributed by atoms with Crippen LogP contribution in [0.1, 0.15) is 50.9 Å². The summed E-state index contributed by atoms with van der Waals surface area (Å²) in [7, 11) is -3.69. The molecule has 0 radical (unpaired) electrons. The minimum absolute atomic E-state index is 0.00713. The molecule has 0 spiro atoms. The molecule has 3 heterocycles. The Hall–Kier alpha value is -3.24. The molecule has 10 heteroatoms. The molecule has 1 aliphatic carbocycles. The van der Waals surface area contributed by atoms with E-state index in [0.717, 1.165) is 47.7 Å². The first-order chi connectivity index (χ1) is 18.4. The molecule has 1 aromatic carbocycles. The molecule has 0 saturated carbocycles. The molecular weight excluding hydrogens is 512 g/mol. The molecule has 0 atom stereocenters. The number of benzene rings is 1. The fourth-order valence-electron chi connectivity index (χ4n) is 5.40. The van der Waals surface area contributed by atoms with Gasteiger partial charge in [0, 0.05) is 35.1 Å². The Morgan fingerprint density at radius 2 is 1.92 bits per heavy atom. The lowest BCUT2D eigenvalue weighted by atomic mass is 9.76. The van der Waals surface area contributed by atoms with Crippen LogP contribution >= 0.6 is 0 Å². The van der Waals surface area contributed by atoms with Crippen molar-refractivity contribution in [2.75, 3.05) is 36.1 Å². The van der Waals surface area contributed by atoms with Crippen LogP contribution in [-0.4, -0.2) is 48.8 Å². The third-order valence-corrected chi connectivity index (χ3v) is 9.89. The first-order valence-electron chi connectivity index (χ1n) is 13.4. The molecular formula is C29H38N6O3S. The van der Waals surface area contributed by atoms with Crippen LogP contribution in [0.4, 0.5) is 11.6 Å². The quantitative estimate of drug-likeness (QED) is 0.469. The van der Waals surface area contributed by atoms with Gasteiger partial charge in [-0.3, -0.25) is 0 Å². The zero-order valence-corrected chi connectivity index (χ0v) is 24.0. The average Bonchev–Trinajstić information content (AvgIpc) is 3.09. The molecule has 0 unspecified atom stereocenters. The normalized spacial score (nSPS) is 17.1. The van der Waals surface area contributed by atoms with Crippen LogP contribution < -0.4 is 21.1 Å². The summed E-state index contributed by atoms with van der Waals surface area (Å²) < 4.78 is 32.6. The third kappa shape index (κ3) is 5.72. The van der Waals surface area contributed by atoms with Crippen molar-refractivity contribution in [3.63, 3.8) is 0 Å². The molecule has 4 N–H and O–H groups in total. The number of pyridine rings is 1. The first kappa shape index (κ1) is 27.3. The van der Waals surface area contributed by atoms with E-state index in [0.29, 0.717) is 25.3 Å². The largest absolute Gasteiger partial charge is 0.491 e. The highest BCUT2D eigenvalue weighted by Gasteiger charge is 2.31. The maximum absolute atomic E-state index is 13.2. The lowest BCUT2D eigenvalue weighted by Crippen LogP contribution is -2.32. The van der Waals surface area contributed by atoms with Gasteiger partial charge in [0.25, 0.3) is 0 Å². The number of sulfone groups is 1. The summed E-state index contributed by atoms with van der Waals surface area (Å²) >= 11 is 0. The second kappa shape index (κ2) is 10.1. The summed E-state index contributed by atoms with van der Waals surface area (Å²) in [5.74, 6) is 1.66. The van der Waals surface area contributed by atoms with Crippen LogP contribution in [0.5, 0.6) is 5.75 Å². The van der Waals surface area contributed by atoms with E-state index >= 15 is 0 Å². The molecule has 5 rings (SSSR count). The number of hydrogen-bond donors (Lipinski definition) is 2. The standard InChI is InChI=1S/C29H38N6O3S/c1-28(2)8-7-23-22(13-28)27(34-18-33-23)35-9-10-38-24-6-5-19(11-21(24)15-35)20-12-25(26(31)32-14-20)39(36,37)17-29(3,4)16-30/h5-6,11-12,14,18H,7-10,13,15-17,30H2,1-4H3,(H2,31,32). The van der Waals surface area contributed by atoms with Gasteiger partial charge in [0.2, 0.25) is 0 Å². The highest BCUT2D eigenvalue weighted by molar-refractivity contribution is 7.91. The monoisotopic (exact) mass is 550 g/mol. The summed E-state index contributed by atoms with van der Waals surface area (Å²) in [6, 6.07) is 7.52. The summed E-state index contributed by atoms with van der Waals surface area (Å²) in [6.07, 6.45) is 6.30. The van der Waals surface area contributed by atoms with E-state index in [-0.39, 0.29) is 28.4 Å². The molecule has 0 bridgehead atoms. The predicted octanol–water partition coefficient (Wildman–Crippen LogP) is 3.79. The van der Waals surface area contributed by atoms with Crippen molar-refractivity contribution < 1.29 is 13.2 Å². The fourth-order valence-corrected chi connectivity index (χ4v) is 7.38. The molecule has 39 heavy (non-hydrogen) atoms. The van der Waals surface area contributed by atoms with E-state index in [9.17, 15) is 8.42 Å². The Kier molecular flexibility index (Phi) is 7.05. The maximum atomic E-state index is 13.2. The van der Waals surface area contributed by atoms with Crippen molar-refractivity contribution in [3.05, 3.63) is 53.6 Å². The lowest BCUT2D eigenvalue weighted by Gasteiger charge is -2.33.